The molecule has 2 heterocycles. The number of hydrogen-bond donors (Lipinski definition) is 1. The molecule has 1 amide bonds. The minimum atomic E-state index is -0.440. The number of rotatable bonds is 8. The van der Waals surface area contributed by atoms with Gasteiger partial charge in [0, 0.05) is 10.9 Å². The molecule has 0 aliphatic rings. The number of aryl methyl sites for hydroxylation is 1. The highest BCUT2D eigenvalue weighted by Gasteiger charge is 2.14. The second kappa shape index (κ2) is 10.3. The summed E-state index contributed by atoms with van der Waals surface area (Å²) in [6, 6.07) is 13.3. The van der Waals surface area contributed by atoms with Crippen molar-refractivity contribution in [2.45, 2.75) is 20.4 Å². The van der Waals surface area contributed by atoms with Gasteiger partial charge in [0.15, 0.2) is 11.5 Å². The lowest BCUT2D eigenvalue weighted by Gasteiger charge is -2.09. The molecular formula is C25H24N4O4S. The minimum Gasteiger partial charge on any atom is -0.493 e. The Morgan fingerprint density at radius 3 is 2.74 bits per heavy atom. The number of carbonyl (C=O) groups excluding carboxylic acids is 1. The zero-order valence-electron chi connectivity index (χ0n) is 19.1. The van der Waals surface area contributed by atoms with Crippen molar-refractivity contribution >= 4 is 33.7 Å². The Hall–Kier alpha value is -3.98. The van der Waals surface area contributed by atoms with Gasteiger partial charge in [-0.05, 0) is 43.2 Å². The number of methoxy groups -OCH3 is 1. The van der Waals surface area contributed by atoms with E-state index in [1.807, 2.05) is 43.5 Å². The number of carbonyl (C=O) groups is 1. The molecule has 2 aromatic heterocycles. The molecule has 8 nitrogen and oxygen atoms in total. The van der Waals surface area contributed by atoms with Crippen LogP contribution in [0.2, 0.25) is 0 Å². The Kier molecular flexibility index (Phi) is 7.03. The van der Waals surface area contributed by atoms with Crippen molar-refractivity contribution in [3.05, 3.63) is 75.7 Å². The summed E-state index contributed by atoms with van der Waals surface area (Å²) < 4.78 is 12.1. The Labute approximate surface area is 200 Å². The van der Waals surface area contributed by atoms with Crippen molar-refractivity contribution in [1.29, 1.82) is 0 Å². The van der Waals surface area contributed by atoms with Gasteiger partial charge < -0.3 is 9.47 Å². The summed E-state index contributed by atoms with van der Waals surface area (Å²) in [6.45, 7) is 4.23. The average Bonchev–Trinajstić information content (AvgIpc) is 3.27. The molecule has 0 saturated heterocycles. The number of benzene rings is 2. The molecule has 0 saturated carbocycles. The number of amides is 1. The number of fused-ring (bicyclic) bond motifs is 1. The second-order valence-electron chi connectivity index (χ2n) is 7.51. The zero-order valence-corrected chi connectivity index (χ0v) is 19.9. The zero-order chi connectivity index (χ0) is 24.1. The van der Waals surface area contributed by atoms with E-state index >= 15 is 0 Å². The van der Waals surface area contributed by atoms with Crippen molar-refractivity contribution < 1.29 is 14.3 Å². The lowest BCUT2D eigenvalue weighted by molar-refractivity contribution is -0.121. The van der Waals surface area contributed by atoms with Crippen LogP contribution in [0.25, 0.3) is 21.3 Å². The SMILES string of the molecule is CCOc1ccc(/C=N/NC(=O)Cn2cnc3scc(-c4ccc(C)cc4)c3c2=O)cc1OC. The molecule has 0 fully saturated rings. The first kappa shape index (κ1) is 23.2. The van der Waals surface area contributed by atoms with Crippen LogP contribution in [0.15, 0.2) is 64.1 Å². The molecular weight excluding hydrogens is 452 g/mol. The van der Waals surface area contributed by atoms with Crippen molar-refractivity contribution in [1.82, 2.24) is 15.0 Å². The largest absolute Gasteiger partial charge is 0.493 e. The smallest absolute Gasteiger partial charge is 0.263 e. The van der Waals surface area contributed by atoms with Gasteiger partial charge in [0.1, 0.15) is 11.4 Å². The molecule has 0 bridgehead atoms. The third kappa shape index (κ3) is 4.99. The van der Waals surface area contributed by atoms with E-state index < -0.39 is 5.91 Å². The number of aromatic nitrogens is 2. The third-order valence-corrected chi connectivity index (χ3v) is 6.01. The molecule has 4 rings (SSSR count). The van der Waals surface area contributed by atoms with E-state index in [1.54, 1.807) is 25.3 Å². The van der Waals surface area contributed by atoms with Crippen LogP contribution in [0.3, 0.4) is 0 Å². The monoisotopic (exact) mass is 476 g/mol. The maximum Gasteiger partial charge on any atom is 0.263 e. The third-order valence-electron chi connectivity index (χ3n) is 5.13. The summed E-state index contributed by atoms with van der Waals surface area (Å²) in [4.78, 5) is 30.6. The molecule has 4 aromatic rings. The van der Waals surface area contributed by atoms with Gasteiger partial charge in [0.25, 0.3) is 11.5 Å². The van der Waals surface area contributed by atoms with E-state index in [1.165, 1.54) is 28.4 Å². The molecule has 2 aromatic carbocycles. The molecule has 34 heavy (non-hydrogen) atoms. The van der Waals surface area contributed by atoms with E-state index in [0.717, 1.165) is 22.3 Å². The Bertz CT molecular complexity index is 1410. The summed E-state index contributed by atoms with van der Waals surface area (Å²) in [7, 11) is 1.56. The minimum absolute atomic E-state index is 0.200. The maximum atomic E-state index is 13.1. The van der Waals surface area contributed by atoms with E-state index in [4.69, 9.17) is 9.47 Å². The van der Waals surface area contributed by atoms with Gasteiger partial charge in [-0.15, -0.1) is 11.3 Å². The summed E-state index contributed by atoms with van der Waals surface area (Å²) in [5.41, 5.74) is 5.80. The standard InChI is InChI=1S/C25H24N4O4S/c1-4-33-20-10-7-17(11-21(20)32-3)12-27-28-22(30)13-29-15-26-24-23(25(29)31)19(14-34-24)18-8-5-16(2)6-9-18/h5-12,14-15H,4,13H2,1-3H3,(H,28,30)/b27-12+. The summed E-state index contributed by atoms with van der Waals surface area (Å²) in [5, 5.41) is 6.42. The van der Waals surface area contributed by atoms with Gasteiger partial charge in [-0.1, -0.05) is 29.8 Å². The van der Waals surface area contributed by atoms with Crippen LogP contribution in [0.4, 0.5) is 0 Å². The summed E-state index contributed by atoms with van der Waals surface area (Å²) >= 11 is 1.41. The molecule has 0 aliphatic carbocycles. The lowest BCUT2D eigenvalue weighted by atomic mass is 10.1. The van der Waals surface area contributed by atoms with Gasteiger partial charge in [-0.3, -0.25) is 14.2 Å². The van der Waals surface area contributed by atoms with Gasteiger partial charge in [0.2, 0.25) is 0 Å². The molecule has 0 aliphatic heterocycles. The van der Waals surface area contributed by atoms with Crippen LogP contribution in [0.5, 0.6) is 11.5 Å². The average molecular weight is 477 g/mol. The first-order valence-electron chi connectivity index (χ1n) is 10.7. The predicted molar refractivity (Wildman–Crippen MR) is 134 cm³/mol. The van der Waals surface area contributed by atoms with E-state index in [9.17, 15) is 9.59 Å². The molecule has 0 radical (unpaired) electrons. The molecule has 0 atom stereocenters. The van der Waals surface area contributed by atoms with Crippen LogP contribution in [-0.4, -0.2) is 35.4 Å². The predicted octanol–water partition coefficient (Wildman–Crippen LogP) is 3.99. The number of ether oxygens (including phenoxy) is 2. The Morgan fingerprint density at radius 2 is 2.00 bits per heavy atom. The highest BCUT2D eigenvalue weighted by molar-refractivity contribution is 7.17. The molecule has 0 spiro atoms. The topological polar surface area (TPSA) is 94.8 Å². The number of hydrazone groups is 1. The highest BCUT2D eigenvalue weighted by Crippen LogP contribution is 2.30. The normalized spacial score (nSPS) is 11.1. The lowest BCUT2D eigenvalue weighted by Crippen LogP contribution is -2.30. The fourth-order valence-corrected chi connectivity index (χ4v) is 4.34. The highest BCUT2D eigenvalue weighted by atomic mass is 32.1. The number of hydrogen-bond acceptors (Lipinski definition) is 7. The Balaban J connectivity index is 1.49. The van der Waals surface area contributed by atoms with Gasteiger partial charge in [-0.2, -0.15) is 5.10 Å². The van der Waals surface area contributed by atoms with Crippen molar-refractivity contribution in [2.75, 3.05) is 13.7 Å². The quantitative estimate of drug-likeness (QED) is 0.307. The fourth-order valence-electron chi connectivity index (χ4n) is 3.43. The number of thiophene rings is 1. The van der Waals surface area contributed by atoms with Crippen LogP contribution >= 0.6 is 11.3 Å². The number of nitrogens with one attached hydrogen (secondary N) is 1. The van der Waals surface area contributed by atoms with Gasteiger partial charge >= 0.3 is 0 Å². The summed E-state index contributed by atoms with van der Waals surface area (Å²) in [6.07, 6.45) is 2.88. The van der Waals surface area contributed by atoms with Crippen molar-refractivity contribution in [2.24, 2.45) is 5.10 Å². The van der Waals surface area contributed by atoms with Crippen LogP contribution in [0.1, 0.15) is 18.1 Å². The van der Waals surface area contributed by atoms with E-state index in [0.29, 0.717) is 28.3 Å². The first-order valence-corrected chi connectivity index (χ1v) is 11.5. The van der Waals surface area contributed by atoms with Gasteiger partial charge in [0.05, 0.1) is 31.6 Å². The molecule has 174 valence electrons. The fraction of sp³-hybridized carbons (Fsp3) is 0.200. The first-order chi connectivity index (χ1) is 16.5. The molecule has 0 unspecified atom stereocenters. The van der Waals surface area contributed by atoms with Crippen LogP contribution < -0.4 is 20.5 Å². The maximum absolute atomic E-state index is 13.1. The van der Waals surface area contributed by atoms with Gasteiger partial charge in [-0.25, -0.2) is 10.4 Å². The van der Waals surface area contributed by atoms with E-state index in [2.05, 4.69) is 15.5 Å². The molecule has 9 heteroatoms. The van der Waals surface area contributed by atoms with Crippen LogP contribution in [-0.2, 0) is 11.3 Å². The van der Waals surface area contributed by atoms with Crippen molar-refractivity contribution in [3.63, 3.8) is 0 Å². The second-order valence-corrected chi connectivity index (χ2v) is 8.37. The molecule has 1 N–H and O–H groups in total. The number of nitrogens with zero attached hydrogens (tertiary/aromatic N) is 3. The van der Waals surface area contributed by atoms with E-state index in [-0.39, 0.29) is 12.1 Å². The summed E-state index contributed by atoms with van der Waals surface area (Å²) in [5.74, 6) is 0.764. The van der Waals surface area contributed by atoms with Crippen LogP contribution in [0, 0.1) is 6.92 Å². The van der Waals surface area contributed by atoms with Crippen molar-refractivity contribution in [3.8, 4) is 22.6 Å². The Morgan fingerprint density at radius 1 is 1.21 bits per heavy atom.